The van der Waals surface area contributed by atoms with Crippen LogP contribution in [0.25, 0.3) is 10.9 Å². The molecule has 0 spiro atoms. The fourth-order valence-corrected chi connectivity index (χ4v) is 3.84. The zero-order chi connectivity index (χ0) is 16.4. The van der Waals surface area contributed by atoms with Crippen molar-refractivity contribution < 1.29 is 4.79 Å². The molecule has 0 saturated carbocycles. The zero-order valence-corrected chi connectivity index (χ0v) is 14.1. The topological polar surface area (TPSA) is 65.1 Å². The first-order chi connectivity index (χ1) is 11.8. The van der Waals surface area contributed by atoms with Gasteiger partial charge in [0.05, 0.1) is 17.6 Å². The van der Waals surface area contributed by atoms with E-state index in [0.29, 0.717) is 6.42 Å². The predicted octanol–water partition coefficient (Wildman–Crippen LogP) is 2.30. The molecule has 4 rings (SSSR count). The average molecular weight is 341 g/mol. The van der Waals surface area contributed by atoms with E-state index < -0.39 is 0 Å². The van der Waals surface area contributed by atoms with Crippen LogP contribution in [0, 0.1) is 0 Å². The standard InChI is InChI=1S/C17H19N5OS/c23-16(12-15-13-4-1-2-5-14(13)19-20-15)21-7-3-8-22(10-9-21)17-18-6-11-24-17/h1-2,4-6,11H,3,7-10,12H2,(H,19,20). The largest absolute Gasteiger partial charge is 0.346 e. The summed E-state index contributed by atoms with van der Waals surface area (Å²) in [5.74, 6) is 0.158. The molecule has 0 radical (unpaired) electrons. The molecule has 1 saturated heterocycles. The third kappa shape index (κ3) is 2.99. The van der Waals surface area contributed by atoms with Crippen molar-refractivity contribution in [3.8, 4) is 0 Å². The van der Waals surface area contributed by atoms with Crippen LogP contribution in [0.5, 0.6) is 0 Å². The molecule has 1 aliphatic heterocycles. The van der Waals surface area contributed by atoms with Gasteiger partial charge >= 0.3 is 0 Å². The van der Waals surface area contributed by atoms with Gasteiger partial charge in [-0.1, -0.05) is 18.2 Å². The lowest BCUT2D eigenvalue weighted by atomic mass is 10.1. The van der Waals surface area contributed by atoms with Crippen LogP contribution in [0.1, 0.15) is 12.1 Å². The molecule has 6 nitrogen and oxygen atoms in total. The van der Waals surface area contributed by atoms with Crippen LogP contribution in [0.3, 0.4) is 0 Å². The minimum Gasteiger partial charge on any atom is -0.346 e. The van der Waals surface area contributed by atoms with Crippen molar-refractivity contribution >= 4 is 33.3 Å². The van der Waals surface area contributed by atoms with Gasteiger partial charge in [-0.15, -0.1) is 11.3 Å². The normalized spacial score (nSPS) is 15.7. The summed E-state index contributed by atoms with van der Waals surface area (Å²) in [6.07, 6.45) is 3.17. The summed E-state index contributed by atoms with van der Waals surface area (Å²) in [5, 5.41) is 11.4. The van der Waals surface area contributed by atoms with Gasteiger partial charge in [-0.3, -0.25) is 9.89 Å². The van der Waals surface area contributed by atoms with E-state index in [4.69, 9.17) is 0 Å². The minimum absolute atomic E-state index is 0.158. The lowest BCUT2D eigenvalue weighted by Crippen LogP contribution is -2.36. The van der Waals surface area contributed by atoms with E-state index in [0.717, 1.165) is 54.3 Å². The highest BCUT2D eigenvalue weighted by Crippen LogP contribution is 2.20. The molecule has 0 unspecified atom stereocenters. The molecule has 124 valence electrons. The molecule has 1 aliphatic rings. The van der Waals surface area contributed by atoms with Gasteiger partial charge < -0.3 is 9.80 Å². The number of nitrogens with one attached hydrogen (secondary N) is 1. The van der Waals surface area contributed by atoms with Gasteiger partial charge in [0.25, 0.3) is 0 Å². The second kappa shape index (κ2) is 6.60. The van der Waals surface area contributed by atoms with E-state index in [1.165, 1.54) is 0 Å². The molecule has 1 amide bonds. The number of hydrogen-bond donors (Lipinski definition) is 1. The number of H-pyrrole nitrogens is 1. The fourth-order valence-electron chi connectivity index (χ4n) is 3.14. The molecular formula is C17H19N5OS. The molecule has 0 aliphatic carbocycles. The molecule has 2 aromatic heterocycles. The molecule has 0 bridgehead atoms. The van der Waals surface area contributed by atoms with Gasteiger partial charge in [0.2, 0.25) is 5.91 Å². The van der Waals surface area contributed by atoms with Crippen molar-refractivity contribution in [2.24, 2.45) is 0 Å². The van der Waals surface area contributed by atoms with Crippen LogP contribution in [-0.2, 0) is 11.2 Å². The number of nitrogens with zero attached hydrogens (tertiary/aromatic N) is 4. The summed E-state index contributed by atoms with van der Waals surface area (Å²) in [5.41, 5.74) is 1.81. The van der Waals surface area contributed by atoms with Crippen molar-refractivity contribution in [2.45, 2.75) is 12.8 Å². The molecule has 1 fully saturated rings. The van der Waals surface area contributed by atoms with Gasteiger partial charge in [-0.2, -0.15) is 5.10 Å². The third-order valence-electron chi connectivity index (χ3n) is 4.41. The molecule has 1 N–H and O–H groups in total. The summed E-state index contributed by atoms with van der Waals surface area (Å²) in [6.45, 7) is 3.32. The van der Waals surface area contributed by atoms with Gasteiger partial charge in [0.1, 0.15) is 0 Å². The number of aromatic amines is 1. The molecule has 1 aromatic carbocycles. The number of benzene rings is 1. The Kier molecular flexibility index (Phi) is 4.17. The highest BCUT2D eigenvalue weighted by Gasteiger charge is 2.21. The summed E-state index contributed by atoms with van der Waals surface area (Å²) >= 11 is 1.65. The molecule has 3 heterocycles. The van der Waals surface area contributed by atoms with Crippen LogP contribution in [0.4, 0.5) is 5.13 Å². The number of thiazole rings is 1. The first-order valence-electron chi connectivity index (χ1n) is 8.15. The van der Waals surface area contributed by atoms with Crippen LogP contribution in [0.2, 0.25) is 0 Å². The first kappa shape index (κ1) is 15.1. The maximum absolute atomic E-state index is 12.7. The molecular weight excluding hydrogens is 322 g/mol. The Morgan fingerprint density at radius 3 is 3.00 bits per heavy atom. The maximum atomic E-state index is 12.7. The lowest BCUT2D eigenvalue weighted by Gasteiger charge is -2.21. The maximum Gasteiger partial charge on any atom is 0.228 e. The number of amides is 1. The number of anilines is 1. The number of rotatable bonds is 3. The average Bonchev–Trinajstić information content (AvgIpc) is 3.20. The van der Waals surface area contributed by atoms with Gasteiger partial charge in [-0.25, -0.2) is 4.98 Å². The summed E-state index contributed by atoms with van der Waals surface area (Å²) in [6, 6.07) is 7.89. The molecule has 7 heteroatoms. The number of aromatic nitrogens is 3. The lowest BCUT2D eigenvalue weighted by molar-refractivity contribution is -0.130. The van der Waals surface area contributed by atoms with E-state index in [2.05, 4.69) is 20.1 Å². The summed E-state index contributed by atoms with van der Waals surface area (Å²) in [4.78, 5) is 21.3. The Labute approximate surface area is 144 Å². The van der Waals surface area contributed by atoms with E-state index in [1.807, 2.05) is 40.7 Å². The Morgan fingerprint density at radius 1 is 1.21 bits per heavy atom. The number of para-hydroxylation sites is 1. The van der Waals surface area contributed by atoms with E-state index >= 15 is 0 Å². The van der Waals surface area contributed by atoms with Crippen LogP contribution < -0.4 is 4.90 Å². The van der Waals surface area contributed by atoms with Crippen LogP contribution in [-0.4, -0.2) is 52.2 Å². The second-order valence-electron chi connectivity index (χ2n) is 5.93. The SMILES string of the molecule is O=C(Cc1[nH]nc2ccccc12)N1CCCN(c2nccs2)CC1. The van der Waals surface area contributed by atoms with Gasteiger partial charge in [-0.05, 0) is 12.5 Å². The molecule has 3 aromatic rings. The highest BCUT2D eigenvalue weighted by molar-refractivity contribution is 7.13. The Balaban J connectivity index is 1.43. The van der Waals surface area contributed by atoms with Gasteiger partial charge in [0.15, 0.2) is 5.13 Å². The van der Waals surface area contributed by atoms with Gasteiger partial charge in [0, 0.05) is 43.1 Å². The van der Waals surface area contributed by atoms with Crippen molar-refractivity contribution in [3.05, 3.63) is 41.5 Å². The quantitative estimate of drug-likeness (QED) is 0.794. The first-order valence-corrected chi connectivity index (χ1v) is 9.03. The number of carbonyl (C=O) groups excluding carboxylic acids is 1. The van der Waals surface area contributed by atoms with Crippen molar-refractivity contribution in [2.75, 3.05) is 31.1 Å². The Morgan fingerprint density at radius 2 is 2.12 bits per heavy atom. The minimum atomic E-state index is 0.158. The number of hydrogen-bond acceptors (Lipinski definition) is 5. The van der Waals surface area contributed by atoms with E-state index in [-0.39, 0.29) is 5.91 Å². The van der Waals surface area contributed by atoms with E-state index in [9.17, 15) is 4.79 Å². The van der Waals surface area contributed by atoms with Crippen LogP contribution >= 0.6 is 11.3 Å². The fraction of sp³-hybridized carbons (Fsp3) is 0.353. The van der Waals surface area contributed by atoms with E-state index in [1.54, 1.807) is 11.3 Å². The number of fused-ring (bicyclic) bond motifs is 1. The Bertz CT molecular complexity index is 829. The molecule has 24 heavy (non-hydrogen) atoms. The van der Waals surface area contributed by atoms with Crippen molar-refractivity contribution in [1.29, 1.82) is 0 Å². The Hall–Kier alpha value is -2.41. The second-order valence-corrected chi connectivity index (χ2v) is 6.81. The smallest absolute Gasteiger partial charge is 0.228 e. The summed E-state index contributed by atoms with van der Waals surface area (Å²) < 4.78 is 0. The summed E-state index contributed by atoms with van der Waals surface area (Å²) in [7, 11) is 0. The molecule has 0 atom stereocenters. The van der Waals surface area contributed by atoms with Crippen LogP contribution in [0.15, 0.2) is 35.8 Å². The predicted molar refractivity (Wildman–Crippen MR) is 95.3 cm³/mol. The van der Waals surface area contributed by atoms with Crippen molar-refractivity contribution in [3.63, 3.8) is 0 Å². The van der Waals surface area contributed by atoms with Crippen molar-refractivity contribution in [1.82, 2.24) is 20.1 Å². The highest BCUT2D eigenvalue weighted by atomic mass is 32.1. The zero-order valence-electron chi connectivity index (χ0n) is 13.3. The number of carbonyl (C=O) groups is 1. The third-order valence-corrected chi connectivity index (χ3v) is 5.24. The monoisotopic (exact) mass is 341 g/mol.